The number of halogens is 3. The van der Waals surface area contributed by atoms with E-state index in [-0.39, 0.29) is 5.75 Å². The molecule has 102 valence electrons. The molecule has 0 unspecified atom stereocenters. The van der Waals surface area contributed by atoms with Gasteiger partial charge in [-0.15, -0.1) is 24.5 Å². The van der Waals surface area contributed by atoms with Gasteiger partial charge in [0, 0.05) is 10.9 Å². The number of alkyl halides is 3. The van der Waals surface area contributed by atoms with Crippen molar-refractivity contribution in [1.29, 1.82) is 0 Å². The molecule has 2 nitrogen and oxygen atoms in total. The quantitative estimate of drug-likeness (QED) is 0.806. The van der Waals surface area contributed by atoms with Crippen LogP contribution in [0.2, 0.25) is 0 Å². The second kappa shape index (κ2) is 5.21. The second-order valence-corrected chi connectivity index (χ2v) is 5.16. The van der Waals surface area contributed by atoms with Crippen LogP contribution in [0.25, 0.3) is 10.6 Å². The molecule has 2 rings (SSSR count). The first-order valence-corrected chi connectivity index (χ1v) is 6.55. The van der Waals surface area contributed by atoms with Crippen LogP contribution < -0.4 is 4.74 Å². The first kappa shape index (κ1) is 13.9. The minimum atomic E-state index is -4.66. The van der Waals surface area contributed by atoms with E-state index in [9.17, 15) is 13.2 Å². The molecule has 0 saturated heterocycles. The highest BCUT2D eigenvalue weighted by atomic mass is 32.1. The van der Waals surface area contributed by atoms with Crippen LogP contribution in [0.15, 0.2) is 29.6 Å². The number of benzene rings is 1. The van der Waals surface area contributed by atoms with Gasteiger partial charge in [0.25, 0.3) is 0 Å². The van der Waals surface area contributed by atoms with Crippen LogP contribution in [0.4, 0.5) is 13.2 Å². The largest absolute Gasteiger partial charge is 0.573 e. The molecule has 0 saturated carbocycles. The number of aromatic nitrogens is 1. The predicted molar refractivity (Wildman–Crippen MR) is 68.3 cm³/mol. The Balaban J connectivity index is 2.17. The third-order valence-electron chi connectivity index (χ3n) is 2.45. The van der Waals surface area contributed by atoms with Gasteiger partial charge in [-0.1, -0.05) is 13.8 Å². The SMILES string of the molecule is CC(C)c1csc(-c2ccc(OC(F)(F)F)cc2)n1. The van der Waals surface area contributed by atoms with Crippen LogP contribution in [0, 0.1) is 0 Å². The molecule has 0 fully saturated rings. The average Bonchev–Trinajstić information content (AvgIpc) is 2.77. The van der Waals surface area contributed by atoms with E-state index in [1.807, 2.05) is 19.2 Å². The van der Waals surface area contributed by atoms with Crippen LogP contribution in [-0.4, -0.2) is 11.3 Å². The summed E-state index contributed by atoms with van der Waals surface area (Å²) in [6, 6.07) is 5.73. The van der Waals surface area contributed by atoms with E-state index < -0.39 is 6.36 Å². The van der Waals surface area contributed by atoms with E-state index in [1.165, 1.54) is 23.5 Å². The molecule has 0 atom stereocenters. The number of thiazole rings is 1. The summed E-state index contributed by atoms with van der Waals surface area (Å²) in [4.78, 5) is 4.44. The second-order valence-electron chi connectivity index (χ2n) is 4.30. The number of rotatable bonds is 3. The third-order valence-corrected chi connectivity index (χ3v) is 3.36. The number of nitrogens with zero attached hydrogens (tertiary/aromatic N) is 1. The first-order chi connectivity index (χ1) is 8.85. The summed E-state index contributed by atoms with van der Waals surface area (Å²) < 4.78 is 39.9. The molecular formula is C13H12F3NOS. The Bertz CT molecular complexity index is 546. The molecule has 0 aliphatic rings. The average molecular weight is 287 g/mol. The summed E-state index contributed by atoms with van der Waals surface area (Å²) in [7, 11) is 0. The van der Waals surface area contributed by atoms with Gasteiger partial charge in [-0.05, 0) is 30.2 Å². The van der Waals surface area contributed by atoms with Gasteiger partial charge >= 0.3 is 6.36 Å². The summed E-state index contributed by atoms with van der Waals surface area (Å²) >= 11 is 1.48. The van der Waals surface area contributed by atoms with Gasteiger partial charge in [0.15, 0.2) is 0 Å². The van der Waals surface area contributed by atoms with E-state index in [0.717, 1.165) is 16.3 Å². The molecule has 19 heavy (non-hydrogen) atoms. The van der Waals surface area contributed by atoms with Crippen molar-refractivity contribution in [3.8, 4) is 16.3 Å². The molecule has 0 amide bonds. The third kappa shape index (κ3) is 3.70. The molecule has 1 heterocycles. The van der Waals surface area contributed by atoms with Crippen molar-refractivity contribution in [3.05, 3.63) is 35.3 Å². The topological polar surface area (TPSA) is 22.1 Å². The number of ether oxygens (including phenoxy) is 1. The van der Waals surface area contributed by atoms with E-state index >= 15 is 0 Å². The predicted octanol–water partition coefficient (Wildman–Crippen LogP) is 4.83. The summed E-state index contributed by atoms with van der Waals surface area (Å²) in [5, 5.41) is 2.75. The van der Waals surface area contributed by atoms with Crippen molar-refractivity contribution in [3.63, 3.8) is 0 Å². The summed E-state index contributed by atoms with van der Waals surface area (Å²) in [6.45, 7) is 4.08. The maximum Gasteiger partial charge on any atom is 0.573 e. The zero-order valence-electron chi connectivity index (χ0n) is 10.4. The fourth-order valence-electron chi connectivity index (χ4n) is 1.48. The van der Waals surface area contributed by atoms with Crippen LogP contribution >= 0.6 is 11.3 Å². The Labute approximate surface area is 112 Å². The maximum atomic E-state index is 12.0. The highest BCUT2D eigenvalue weighted by Crippen LogP contribution is 2.29. The maximum absolute atomic E-state index is 12.0. The molecule has 1 aromatic carbocycles. The fourth-order valence-corrected chi connectivity index (χ4v) is 2.47. The molecule has 0 spiro atoms. The van der Waals surface area contributed by atoms with Crippen molar-refractivity contribution in [2.45, 2.75) is 26.1 Å². The molecule has 0 radical (unpaired) electrons. The Morgan fingerprint density at radius 2 is 1.79 bits per heavy atom. The van der Waals surface area contributed by atoms with Gasteiger partial charge in [-0.2, -0.15) is 0 Å². The lowest BCUT2D eigenvalue weighted by atomic mass is 10.1. The van der Waals surface area contributed by atoms with Crippen LogP contribution in [-0.2, 0) is 0 Å². The highest BCUT2D eigenvalue weighted by Gasteiger charge is 2.30. The van der Waals surface area contributed by atoms with Gasteiger partial charge in [0.1, 0.15) is 10.8 Å². The molecule has 0 aliphatic heterocycles. The molecule has 1 aromatic heterocycles. The van der Waals surface area contributed by atoms with Gasteiger partial charge in [0.2, 0.25) is 0 Å². The van der Waals surface area contributed by atoms with Crippen molar-refractivity contribution in [2.75, 3.05) is 0 Å². The van der Waals surface area contributed by atoms with E-state index in [4.69, 9.17) is 0 Å². The minimum Gasteiger partial charge on any atom is -0.406 e. The Morgan fingerprint density at radius 1 is 1.16 bits per heavy atom. The van der Waals surface area contributed by atoms with Crippen molar-refractivity contribution < 1.29 is 17.9 Å². The fraction of sp³-hybridized carbons (Fsp3) is 0.308. The molecular weight excluding hydrogens is 275 g/mol. The molecule has 2 aromatic rings. The number of hydrogen-bond donors (Lipinski definition) is 0. The van der Waals surface area contributed by atoms with Crippen LogP contribution in [0.3, 0.4) is 0 Å². The van der Waals surface area contributed by atoms with Crippen molar-refractivity contribution >= 4 is 11.3 Å². The number of hydrogen-bond acceptors (Lipinski definition) is 3. The standard InChI is InChI=1S/C13H12F3NOS/c1-8(2)11-7-19-12(17-11)9-3-5-10(6-4-9)18-13(14,15)16/h3-8H,1-2H3. The first-order valence-electron chi connectivity index (χ1n) is 5.67. The van der Waals surface area contributed by atoms with Crippen LogP contribution in [0.5, 0.6) is 5.75 Å². The molecule has 0 aliphatic carbocycles. The van der Waals surface area contributed by atoms with Gasteiger partial charge in [-0.25, -0.2) is 4.98 Å². The summed E-state index contributed by atoms with van der Waals surface area (Å²) in [5.41, 5.74) is 1.77. The zero-order valence-corrected chi connectivity index (χ0v) is 11.2. The lowest BCUT2D eigenvalue weighted by Gasteiger charge is -2.08. The Kier molecular flexibility index (Phi) is 3.80. The van der Waals surface area contributed by atoms with Crippen molar-refractivity contribution in [1.82, 2.24) is 4.98 Å². The summed E-state index contributed by atoms with van der Waals surface area (Å²) in [6.07, 6.45) is -4.66. The lowest BCUT2D eigenvalue weighted by Crippen LogP contribution is -2.16. The lowest BCUT2D eigenvalue weighted by molar-refractivity contribution is -0.274. The minimum absolute atomic E-state index is 0.225. The van der Waals surface area contributed by atoms with Crippen LogP contribution in [0.1, 0.15) is 25.5 Å². The van der Waals surface area contributed by atoms with E-state index in [2.05, 4.69) is 9.72 Å². The molecule has 6 heteroatoms. The van der Waals surface area contributed by atoms with E-state index in [1.54, 1.807) is 12.1 Å². The molecule has 0 N–H and O–H groups in total. The van der Waals surface area contributed by atoms with Gasteiger partial charge in [0.05, 0.1) is 5.69 Å². The van der Waals surface area contributed by atoms with Gasteiger partial charge < -0.3 is 4.74 Å². The normalized spacial score (nSPS) is 11.9. The van der Waals surface area contributed by atoms with Crippen molar-refractivity contribution in [2.24, 2.45) is 0 Å². The summed E-state index contributed by atoms with van der Waals surface area (Å²) in [5.74, 6) is 0.106. The Morgan fingerprint density at radius 3 is 2.26 bits per heavy atom. The smallest absolute Gasteiger partial charge is 0.406 e. The monoisotopic (exact) mass is 287 g/mol. The molecule has 0 bridgehead atoms. The highest BCUT2D eigenvalue weighted by molar-refractivity contribution is 7.13. The zero-order chi connectivity index (χ0) is 14.0. The van der Waals surface area contributed by atoms with Gasteiger partial charge in [-0.3, -0.25) is 0 Å². The Hall–Kier alpha value is -1.56. The van der Waals surface area contributed by atoms with E-state index in [0.29, 0.717) is 5.92 Å².